The number of nitro groups is 1. The third-order valence-electron chi connectivity index (χ3n) is 2.64. The molecule has 6 heteroatoms. The van der Waals surface area contributed by atoms with Gasteiger partial charge in [-0.05, 0) is 17.7 Å². The summed E-state index contributed by atoms with van der Waals surface area (Å²) in [4.78, 5) is 14.5. The molecule has 0 unspecified atom stereocenters. The van der Waals surface area contributed by atoms with Crippen LogP contribution in [0.1, 0.15) is 11.1 Å². The maximum Gasteiger partial charge on any atom is 0.275 e. The van der Waals surface area contributed by atoms with Gasteiger partial charge in [0.1, 0.15) is 0 Å². The number of hydrogen-bond donors (Lipinski definition) is 1. The Bertz CT molecular complexity index is 575. The Morgan fingerprint density at radius 1 is 1.26 bits per heavy atom. The summed E-state index contributed by atoms with van der Waals surface area (Å²) in [6.45, 7) is 0.918. The molecule has 1 N–H and O–H groups in total. The molecule has 0 bridgehead atoms. The van der Waals surface area contributed by atoms with Gasteiger partial charge in [0.15, 0.2) is 0 Å². The topological polar surface area (TPSA) is 68.1 Å². The summed E-state index contributed by atoms with van der Waals surface area (Å²) in [5, 5.41) is 14.4. The number of rotatable bonds is 5. The van der Waals surface area contributed by atoms with Gasteiger partial charge in [-0.3, -0.25) is 15.1 Å². The lowest BCUT2D eigenvalue weighted by molar-refractivity contribution is -0.385. The normalized spacial score (nSPS) is 10.4. The second kappa shape index (κ2) is 6.26. The van der Waals surface area contributed by atoms with E-state index in [0.29, 0.717) is 23.7 Å². The van der Waals surface area contributed by atoms with Crippen molar-refractivity contribution >= 4 is 17.3 Å². The van der Waals surface area contributed by atoms with Crippen molar-refractivity contribution in [3.05, 3.63) is 69.0 Å². The van der Waals surface area contributed by atoms with Crippen molar-refractivity contribution in [3.63, 3.8) is 0 Å². The maximum absolute atomic E-state index is 10.9. The van der Waals surface area contributed by atoms with Gasteiger partial charge in [0.05, 0.1) is 15.5 Å². The van der Waals surface area contributed by atoms with Gasteiger partial charge in [-0.15, -0.1) is 0 Å². The summed E-state index contributed by atoms with van der Waals surface area (Å²) in [5.74, 6) is 0. The van der Waals surface area contributed by atoms with E-state index in [9.17, 15) is 10.1 Å². The average molecular weight is 278 g/mol. The molecule has 0 saturated carbocycles. The zero-order valence-electron chi connectivity index (χ0n) is 10.0. The van der Waals surface area contributed by atoms with Crippen LogP contribution in [0.15, 0.2) is 42.7 Å². The standard InChI is InChI=1S/C13H12ClN3O2/c14-12-4-1-5-13(17(18)19)11(12)9-16-8-10-3-2-6-15-7-10/h1-7,16H,8-9H2. The molecule has 0 spiro atoms. The van der Waals surface area contributed by atoms with Crippen LogP contribution < -0.4 is 5.32 Å². The van der Waals surface area contributed by atoms with E-state index < -0.39 is 4.92 Å². The van der Waals surface area contributed by atoms with Gasteiger partial charge in [0, 0.05) is 31.5 Å². The van der Waals surface area contributed by atoms with Crippen LogP contribution >= 0.6 is 11.6 Å². The minimum Gasteiger partial charge on any atom is -0.308 e. The van der Waals surface area contributed by atoms with E-state index in [2.05, 4.69) is 10.3 Å². The molecule has 0 aliphatic heterocycles. The Morgan fingerprint density at radius 3 is 2.79 bits per heavy atom. The van der Waals surface area contributed by atoms with Crippen molar-refractivity contribution in [2.75, 3.05) is 0 Å². The van der Waals surface area contributed by atoms with Crippen LogP contribution in [0.25, 0.3) is 0 Å². The number of nitrogens with zero attached hydrogens (tertiary/aromatic N) is 2. The quantitative estimate of drug-likeness (QED) is 0.674. The summed E-state index contributed by atoms with van der Waals surface area (Å²) in [7, 11) is 0. The Balaban J connectivity index is 2.05. The summed E-state index contributed by atoms with van der Waals surface area (Å²) in [6.07, 6.45) is 3.44. The number of hydrogen-bond acceptors (Lipinski definition) is 4. The van der Waals surface area contributed by atoms with Crippen molar-refractivity contribution in [2.24, 2.45) is 0 Å². The number of halogens is 1. The fraction of sp³-hybridized carbons (Fsp3) is 0.154. The third-order valence-corrected chi connectivity index (χ3v) is 3.00. The lowest BCUT2D eigenvalue weighted by Crippen LogP contribution is -2.14. The first-order chi connectivity index (χ1) is 9.18. The van der Waals surface area contributed by atoms with Gasteiger partial charge in [0.25, 0.3) is 5.69 Å². The van der Waals surface area contributed by atoms with Crippen LogP contribution in [0.4, 0.5) is 5.69 Å². The van der Waals surface area contributed by atoms with E-state index in [0.717, 1.165) is 5.56 Å². The van der Waals surface area contributed by atoms with Gasteiger partial charge in [0.2, 0.25) is 0 Å². The van der Waals surface area contributed by atoms with Crippen LogP contribution in [-0.4, -0.2) is 9.91 Å². The molecule has 2 aromatic rings. The zero-order valence-corrected chi connectivity index (χ0v) is 10.8. The minimum atomic E-state index is -0.424. The maximum atomic E-state index is 10.9. The Kier molecular flexibility index (Phi) is 4.43. The van der Waals surface area contributed by atoms with E-state index in [1.54, 1.807) is 24.5 Å². The van der Waals surface area contributed by atoms with Crippen LogP contribution in [0.5, 0.6) is 0 Å². The predicted octanol–water partition coefficient (Wildman–Crippen LogP) is 2.93. The largest absolute Gasteiger partial charge is 0.308 e. The fourth-order valence-corrected chi connectivity index (χ4v) is 1.96. The molecule has 0 atom stereocenters. The molecule has 19 heavy (non-hydrogen) atoms. The minimum absolute atomic E-state index is 0.0335. The predicted molar refractivity (Wildman–Crippen MR) is 72.9 cm³/mol. The lowest BCUT2D eigenvalue weighted by Gasteiger charge is -2.07. The molecule has 1 heterocycles. The highest BCUT2D eigenvalue weighted by Gasteiger charge is 2.15. The molecule has 0 aliphatic rings. The summed E-state index contributed by atoms with van der Waals surface area (Å²) in [5.41, 5.74) is 1.54. The molecule has 98 valence electrons. The molecule has 0 radical (unpaired) electrons. The van der Waals surface area contributed by atoms with Crippen LogP contribution in [0.3, 0.4) is 0 Å². The molecule has 5 nitrogen and oxygen atoms in total. The highest BCUT2D eigenvalue weighted by atomic mass is 35.5. The van der Waals surface area contributed by atoms with E-state index >= 15 is 0 Å². The van der Waals surface area contributed by atoms with E-state index in [4.69, 9.17) is 11.6 Å². The van der Waals surface area contributed by atoms with E-state index in [1.165, 1.54) is 6.07 Å². The number of nitro benzene ring substituents is 1. The summed E-state index contributed by atoms with van der Waals surface area (Å²) in [6, 6.07) is 8.45. The van der Waals surface area contributed by atoms with E-state index in [1.807, 2.05) is 12.1 Å². The monoisotopic (exact) mass is 277 g/mol. The van der Waals surface area contributed by atoms with Crippen molar-refractivity contribution in [3.8, 4) is 0 Å². The molecule has 0 aliphatic carbocycles. The van der Waals surface area contributed by atoms with Crippen molar-refractivity contribution < 1.29 is 4.92 Å². The Morgan fingerprint density at radius 2 is 2.11 bits per heavy atom. The molecular weight excluding hydrogens is 266 g/mol. The molecule has 0 fully saturated rings. The smallest absolute Gasteiger partial charge is 0.275 e. The van der Waals surface area contributed by atoms with E-state index in [-0.39, 0.29) is 5.69 Å². The summed E-state index contributed by atoms with van der Waals surface area (Å²) >= 11 is 6.00. The SMILES string of the molecule is O=[N+]([O-])c1cccc(Cl)c1CNCc1cccnc1. The van der Waals surface area contributed by atoms with Crippen molar-refractivity contribution in [1.82, 2.24) is 10.3 Å². The number of aromatic nitrogens is 1. The van der Waals surface area contributed by atoms with Gasteiger partial charge < -0.3 is 5.32 Å². The van der Waals surface area contributed by atoms with Crippen molar-refractivity contribution in [2.45, 2.75) is 13.1 Å². The van der Waals surface area contributed by atoms with Crippen LogP contribution in [-0.2, 0) is 13.1 Å². The first-order valence-corrected chi connectivity index (χ1v) is 6.07. The second-order valence-corrected chi connectivity index (χ2v) is 4.37. The zero-order chi connectivity index (χ0) is 13.7. The van der Waals surface area contributed by atoms with Gasteiger partial charge in [-0.25, -0.2) is 0 Å². The number of pyridine rings is 1. The van der Waals surface area contributed by atoms with Crippen LogP contribution in [0.2, 0.25) is 5.02 Å². The molecule has 0 amide bonds. The highest BCUT2D eigenvalue weighted by molar-refractivity contribution is 6.31. The third kappa shape index (κ3) is 3.49. The van der Waals surface area contributed by atoms with Gasteiger partial charge >= 0.3 is 0 Å². The number of benzene rings is 1. The lowest BCUT2D eigenvalue weighted by atomic mass is 10.1. The molecule has 1 aromatic carbocycles. The van der Waals surface area contributed by atoms with Crippen molar-refractivity contribution in [1.29, 1.82) is 0 Å². The molecule has 1 aromatic heterocycles. The fourth-order valence-electron chi connectivity index (χ4n) is 1.73. The Hall–Kier alpha value is -1.98. The molecule has 0 saturated heterocycles. The summed E-state index contributed by atoms with van der Waals surface area (Å²) < 4.78 is 0. The first kappa shape index (κ1) is 13.5. The van der Waals surface area contributed by atoms with Crippen LogP contribution in [0, 0.1) is 10.1 Å². The highest BCUT2D eigenvalue weighted by Crippen LogP contribution is 2.25. The first-order valence-electron chi connectivity index (χ1n) is 5.70. The number of nitrogens with one attached hydrogen (secondary N) is 1. The van der Waals surface area contributed by atoms with Gasteiger partial charge in [-0.2, -0.15) is 0 Å². The second-order valence-electron chi connectivity index (χ2n) is 3.96. The molecule has 2 rings (SSSR count). The Labute approximate surface area is 115 Å². The molecular formula is C13H12ClN3O2. The van der Waals surface area contributed by atoms with Gasteiger partial charge in [-0.1, -0.05) is 23.7 Å². The average Bonchev–Trinajstić information content (AvgIpc) is 2.41.